The van der Waals surface area contributed by atoms with E-state index in [0.29, 0.717) is 5.69 Å². The predicted octanol–water partition coefficient (Wildman–Crippen LogP) is 1.14. The minimum atomic E-state index is -4.78. The number of nitrogens with zero attached hydrogens (tertiary/aromatic N) is 2. The monoisotopic (exact) mass is 508 g/mol. The molecule has 2 aliphatic heterocycles. The van der Waals surface area contributed by atoms with Gasteiger partial charge >= 0.3 is 166 Å². The van der Waals surface area contributed by atoms with Crippen LogP contribution >= 0.6 is 0 Å². The molecule has 142 valence electrons. The van der Waals surface area contributed by atoms with Gasteiger partial charge in [-0.15, -0.1) is 0 Å². The van der Waals surface area contributed by atoms with Crippen molar-refractivity contribution in [3.05, 3.63) is 60.3 Å². The summed E-state index contributed by atoms with van der Waals surface area (Å²) in [6.45, 7) is 4.06. The molecule has 2 aliphatic rings. The van der Waals surface area contributed by atoms with E-state index < -0.39 is 25.4 Å². The number of para-hydroxylation sites is 1. The third-order valence-electron chi connectivity index (χ3n) is 5.20. The molecule has 5 rings (SSSR count). The number of hydrogen-bond donors (Lipinski definition) is 0. The van der Waals surface area contributed by atoms with Crippen molar-refractivity contribution >= 4 is 60.5 Å². The Morgan fingerprint density at radius 1 is 0.821 bits per heavy atom. The summed E-state index contributed by atoms with van der Waals surface area (Å²) in [5.74, 6) is 0.460. The van der Waals surface area contributed by atoms with E-state index in [1.807, 2.05) is 26.0 Å². The van der Waals surface area contributed by atoms with Crippen molar-refractivity contribution in [2.75, 3.05) is 4.90 Å². The summed E-state index contributed by atoms with van der Waals surface area (Å²) in [6.07, 6.45) is 1.53. The normalized spacial score (nSPS) is 17.6. The van der Waals surface area contributed by atoms with Crippen molar-refractivity contribution < 1.29 is 15.3 Å². The van der Waals surface area contributed by atoms with Gasteiger partial charge in [-0.3, -0.25) is 0 Å². The first-order valence-electron chi connectivity index (χ1n) is 8.77. The Balaban J connectivity index is 1.99. The van der Waals surface area contributed by atoms with Gasteiger partial charge in [0.25, 0.3) is 0 Å². The number of anilines is 3. The number of rotatable bonds is 1. The molecule has 0 radical (unpaired) electrons. The third-order valence-corrected chi connectivity index (χ3v) is 12.8. The summed E-state index contributed by atoms with van der Waals surface area (Å²) in [4.78, 5) is 6.05. The van der Waals surface area contributed by atoms with Gasteiger partial charge in [0.15, 0.2) is 0 Å². The Bertz CT molecular complexity index is 1360. The Hall–Kier alpha value is -2.37. The summed E-state index contributed by atoms with van der Waals surface area (Å²) in [5, 5.41) is 0. The van der Waals surface area contributed by atoms with Gasteiger partial charge in [0.05, 0.1) is 0 Å². The Kier molecular flexibility index (Phi) is 3.53. The first kappa shape index (κ1) is 17.7. The van der Waals surface area contributed by atoms with E-state index in [1.165, 1.54) is 24.4 Å². The summed E-state index contributed by atoms with van der Waals surface area (Å²) in [5.41, 5.74) is 1.67. The molecule has 0 fully saturated rings. The van der Waals surface area contributed by atoms with Crippen molar-refractivity contribution in [2.45, 2.75) is 19.8 Å². The van der Waals surface area contributed by atoms with Crippen molar-refractivity contribution in [2.24, 2.45) is 0 Å². The van der Waals surface area contributed by atoms with Gasteiger partial charge in [0.2, 0.25) is 0 Å². The SMILES string of the molecule is CC(C)c1ccc2c(c1)N1c3ncccc3[Se](=O)(=O)c3cccc(c31)[Se]2(=O)=O. The molecule has 3 heterocycles. The van der Waals surface area contributed by atoms with Crippen molar-refractivity contribution in [1.29, 1.82) is 0 Å². The van der Waals surface area contributed by atoms with Crippen LogP contribution in [-0.4, -0.2) is 30.4 Å². The molecule has 1 aromatic heterocycles. The van der Waals surface area contributed by atoms with E-state index in [1.54, 1.807) is 23.1 Å². The molecule has 8 heteroatoms. The average Bonchev–Trinajstić information content (AvgIpc) is 2.67. The van der Waals surface area contributed by atoms with Crippen LogP contribution in [0.2, 0.25) is 0 Å². The summed E-state index contributed by atoms with van der Waals surface area (Å²) >= 11 is -9.55. The standard InChI is InChI=1S/C20H16N2O4Se2/c1-12(2)13-8-9-15-14(11-13)22-19-16(27(15,23)24)5-3-6-17(19)28(25,26)18-7-4-10-21-20(18)22/h3-12H,1-2H3. The van der Waals surface area contributed by atoms with Crippen molar-refractivity contribution in [3.63, 3.8) is 0 Å². The first-order chi connectivity index (χ1) is 13.2. The molecule has 0 unspecified atom stereocenters. The second-order valence-electron chi connectivity index (χ2n) is 7.15. The second kappa shape index (κ2) is 5.58. The van der Waals surface area contributed by atoms with Crippen LogP contribution < -0.4 is 22.7 Å². The van der Waals surface area contributed by atoms with Crippen LogP contribution in [-0.2, 0) is 15.3 Å². The van der Waals surface area contributed by atoms with E-state index in [4.69, 9.17) is 0 Å². The molecular formula is C20H16N2O4Se2. The van der Waals surface area contributed by atoms with Gasteiger partial charge < -0.3 is 0 Å². The van der Waals surface area contributed by atoms with Crippen LogP contribution in [0.5, 0.6) is 0 Å². The second-order valence-corrected chi connectivity index (χ2v) is 15.1. The maximum atomic E-state index is 13.4. The summed E-state index contributed by atoms with van der Waals surface area (Å²) in [7, 11) is 0. The van der Waals surface area contributed by atoms with Gasteiger partial charge in [-0.1, -0.05) is 0 Å². The topological polar surface area (TPSA) is 84.4 Å². The fourth-order valence-corrected chi connectivity index (χ4v) is 10.9. The molecule has 0 aliphatic carbocycles. The number of fused-ring (bicyclic) bond motifs is 4. The fraction of sp³-hybridized carbons (Fsp3) is 0.150. The molecule has 0 N–H and O–H groups in total. The van der Waals surface area contributed by atoms with E-state index in [2.05, 4.69) is 4.98 Å². The average molecular weight is 506 g/mol. The van der Waals surface area contributed by atoms with E-state index >= 15 is 0 Å². The molecule has 0 saturated carbocycles. The molecule has 2 aromatic carbocycles. The van der Waals surface area contributed by atoms with E-state index in [0.717, 1.165) is 5.56 Å². The van der Waals surface area contributed by atoms with Gasteiger partial charge in [-0.25, -0.2) is 0 Å². The quantitative estimate of drug-likeness (QED) is 0.317. The van der Waals surface area contributed by atoms with Crippen molar-refractivity contribution in [1.82, 2.24) is 4.98 Å². The third kappa shape index (κ3) is 2.12. The van der Waals surface area contributed by atoms with Crippen molar-refractivity contribution in [3.8, 4) is 0 Å². The zero-order valence-corrected chi connectivity index (χ0v) is 18.5. The molecule has 0 saturated heterocycles. The van der Waals surface area contributed by atoms with Crippen LogP contribution in [0, 0.1) is 0 Å². The van der Waals surface area contributed by atoms with Crippen LogP contribution in [0.4, 0.5) is 17.2 Å². The number of benzene rings is 2. The molecule has 0 spiro atoms. The van der Waals surface area contributed by atoms with Gasteiger partial charge in [-0.2, -0.15) is 0 Å². The molecule has 0 bridgehead atoms. The first-order valence-corrected chi connectivity index (χ1v) is 15.0. The van der Waals surface area contributed by atoms with Crippen LogP contribution in [0.3, 0.4) is 0 Å². The molecule has 0 atom stereocenters. The number of aromatic nitrogens is 1. The zero-order valence-electron chi connectivity index (χ0n) is 15.1. The van der Waals surface area contributed by atoms with Crippen LogP contribution in [0.1, 0.15) is 25.3 Å². The van der Waals surface area contributed by atoms with Crippen LogP contribution in [0.25, 0.3) is 0 Å². The molecule has 3 aromatic rings. The Morgan fingerprint density at radius 3 is 2.14 bits per heavy atom. The molecule has 0 amide bonds. The van der Waals surface area contributed by atoms with Gasteiger partial charge in [-0.05, 0) is 0 Å². The zero-order chi connectivity index (χ0) is 19.8. The number of pyridine rings is 1. The minimum absolute atomic E-state index is 0.0723. The van der Waals surface area contributed by atoms with Gasteiger partial charge in [0.1, 0.15) is 0 Å². The fourth-order valence-electron chi connectivity index (χ4n) is 3.79. The van der Waals surface area contributed by atoms with Crippen LogP contribution in [0.15, 0.2) is 54.7 Å². The Labute approximate surface area is 165 Å². The molecule has 6 nitrogen and oxygen atoms in total. The molecule has 28 heavy (non-hydrogen) atoms. The predicted molar refractivity (Wildman–Crippen MR) is 106 cm³/mol. The summed E-state index contributed by atoms with van der Waals surface area (Å²) in [6, 6.07) is 12.9. The van der Waals surface area contributed by atoms with E-state index in [9.17, 15) is 15.3 Å². The summed E-state index contributed by atoms with van der Waals surface area (Å²) < 4.78 is 53.8. The van der Waals surface area contributed by atoms with E-state index in [-0.39, 0.29) is 35.3 Å². The maximum absolute atomic E-state index is 13.4. The number of hydrogen-bond acceptors (Lipinski definition) is 6. The Morgan fingerprint density at radius 2 is 1.46 bits per heavy atom. The van der Waals surface area contributed by atoms with Gasteiger partial charge in [0, 0.05) is 0 Å². The molecular weight excluding hydrogens is 490 g/mol.